The topological polar surface area (TPSA) is 139 Å². The molecule has 3 rings (SSSR count). The number of carbonyl (C=O) groups is 4. The molecule has 1 aliphatic rings. The maximum absolute atomic E-state index is 12.4. The first-order chi connectivity index (χ1) is 16.2. The largest absolute Gasteiger partial charge is 0.481 e. The zero-order valence-electron chi connectivity index (χ0n) is 18.9. The summed E-state index contributed by atoms with van der Waals surface area (Å²) in [7, 11) is 2.55. The molecule has 1 amide bonds. The molecule has 2 aromatic rings. The van der Waals surface area contributed by atoms with Gasteiger partial charge in [-0.25, -0.2) is 9.59 Å². The minimum absolute atomic E-state index is 0.169. The summed E-state index contributed by atoms with van der Waals surface area (Å²) in [5.41, 5.74) is 0.840. The van der Waals surface area contributed by atoms with Crippen molar-refractivity contribution < 1.29 is 38.2 Å². The van der Waals surface area contributed by atoms with Crippen molar-refractivity contribution in [2.45, 2.75) is 6.92 Å². The normalized spacial score (nSPS) is 12.7. The quantitative estimate of drug-likeness (QED) is 0.480. The van der Waals surface area contributed by atoms with Gasteiger partial charge in [0.2, 0.25) is 0 Å². The number of amides is 1. The number of methoxy groups -OCH3 is 2. The maximum Gasteiger partial charge on any atom is 0.339 e. The lowest BCUT2D eigenvalue weighted by atomic mass is 10.1. The molecule has 1 aromatic heterocycles. The highest BCUT2D eigenvalue weighted by Gasteiger charge is 2.25. The van der Waals surface area contributed by atoms with Gasteiger partial charge in [0.25, 0.3) is 11.9 Å². The Morgan fingerprint density at radius 1 is 1.00 bits per heavy atom. The number of anilines is 1. The Morgan fingerprint density at radius 2 is 1.59 bits per heavy atom. The molecule has 2 heterocycles. The second-order valence-electron chi connectivity index (χ2n) is 6.95. The minimum Gasteiger partial charge on any atom is -0.481 e. The van der Waals surface area contributed by atoms with E-state index in [0.717, 1.165) is 6.92 Å². The van der Waals surface area contributed by atoms with Gasteiger partial charge >= 0.3 is 11.9 Å². The summed E-state index contributed by atoms with van der Waals surface area (Å²) in [6.45, 7) is 3.02. The fraction of sp³-hybridized carbons (Fsp3) is 0.318. The average Bonchev–Trinajstić information content (AvgIpc) is 3.37. The van der Waals surface area contributed by atoms with Crippen molar-refractivity contribution in [2.24, 2.45) is 0 Å². The first kappa shape index (κ1) is 26.3. The van der Waals surface area contributed by atoms with Crippen LogP contribution in [0.2, 0.25) is 0 Å². The molecule has 0 aliphatic carbocycles. The molecule has 12 heteroatoms. The number of nitrogens with zero attached hydrogens (tertiary/aromatic N) is 2. The van der Waals surface area contributed by atoms with Crippen LogP contribution in [0.4, 0.5) is 5.69 Å². The van der Waals surface area contributed by atoms with Gasteiger partial charge in [0.05, 0.1) is 37.3 Å². The highest BCUT2D eigenvalue weighted by molar-refractivity contribution is 7.80. The maximum atomic E-state index is 12.4. The Morgan fingerprint density at radius 3 is 2.12 bits per heavy atom. The Hall–Kier alpha value is -3.93. The van der Waals surface area contributed by atoms with E-state index >= 15 is 0 Å². The SMILES string of the molecule is CC(=O)O.COC(=O)c1ccc(C(=O)OC)c(NC(=S)N2CCN(C(=O)c3ccco3)CC2)c1. The molecule has 0 atom stereocenters. The van der Waals surface area contributed by atoms with Crippen LogP contribution in [0.25, 0.3) is 0 Å². The molecule has 0 spiro atoms. The van der Waals surface area contributed by atoms with Gasteiger partial charge in [-0.05, 0) is 42.5 Å². The smallest absolute Gasteiger partial charge is 0.339 e. The lowest BCUT2D eigenvalue weighted by Crippen LogP contribution is -2.51. The summed E-state index contributed by atoms with van der Waals surface area (Å²) in [5.74, 6) is -1.81. The molecule has 0 unspecified atom stereocenters. The molecular formula is C22H25N3O8S. The number of ether oxygens (including phenoxy) is 2. The second-order valence-corrected chi connectivity index (χ2v) is 7.34. The van der Waals surface area contributed by atoms with E-state index < -0.39 is 17.9 Å². The van der Waals surface area contributed by atoms with Crippen LogP contribution >= 0.6 is 12.2 Å². The summed E-state index contributed by atoms with van der Waals surface area (Å²) in [6, 6.07) is 7.74. The van der Waals surface area contributed by atoms with Crippen molar-refractivity contribution >= 4 is 46.8 Å². The number of carbonyl (C=O) groups excluding carboxylic acids is 3. The van der Waals surface area contributed by atoms with Crippen LogP contribution in [-0.2, 0) is 14.3 Å². The minimum atomic E-state index is -0.833. The van der Waals surface area contributed by atoms with Crippen molar-refractivity contribution in [3.8, 4) is 0 Å². The molecule has 34 heavy (non-hydrogen) atoms. The number of thiocarbonyl (C=S) groups is 1. The number of piperazine rings is 1. The van der Waals surface area contributed by atoms with Crippen LogP contribution in [0.1, 0.15) is 38.2 Å². The molecule has 1 fully saturated rings. The number of hydrogen-bond donors (Lipinski definition) is 2. The molecule has 1 saturated heterocycles. The van der Waals surface area contributed by atoms with Crippen LogP contribution in [0.15, 0.2) is 41.0 Å². The average molecular weight is 492 g/mol. The summed E-state index contributed by atoms with van der Waals surface area (Å²) in [4.78, 5) is 48.9. The monoisotopic (exact) mass is 491 g/mol. The number of aliphatic carboxylic acids is 1. The highest BCUT2D eigenvalue weighted by Crippen LogP contribution is 2.21. The van der Waals surface area contributed by atoms with E-state index in [1.54, 1.807) is 17.0 Å². The lowest BCUT2D eigenvalue weighted by molar-refractivity contribution is -0.134. The van der Waals surface area contributed by atoms with Crippen molar-refractivity contribution in [3.05, 3.63) is 53.5 Å². The van der Waals surface area contributed by atoms with Crippen molar-refractivity contribution in [1.82, 2.24) is 9.80 Å². The van der Waals surface area contributed by atoms with Crippen LogP contribution in [0.3, 0.4) is 0 Å². The van der Waals surface area contributed by atoms with Gasteiger partial charge in [-0.1, -0.05) is 0 Å². The fourth-order valence-electron chi connectivity index (χ4n) is 3.04. The zero-order chi connectivity index (χ0) is 25.3. The van der Waals surface area contributed by atoms with Gasteiger partial charge in [0, 0.05) is 33.1 Å². The molecule has 182 valence electrons. The van der Waals surface area contributed by atoms with Gasteiger partial charge in [-0.15, -0.1) is 0 Å². The third-order valence-electron chi connectivity index (χ3n) is 4.67. The van der Waals surface area contributed by atoms with Crippen molar-refractivity contribution in [2.75, 3.05) is 45.7 Å². The van der Waals surface area contributed by atoms with E-state index in [9.17, 15) is 14.4 Å². The van der Waals surface area contributed by atoms with E-state index in [-0.39, 0.29) is 17.0 Å². The predicted molar refractivity (Wildman–Crippen MR) is 125 cm³/mol. The number of hydrogen-bond acceptors (Lipinski definition) is 8. The van der Waals surface area contributed by atoms with E-state index in [2.05, 4.69) is 5.32 Å². The summed E-state index contributed by atoms with van der Waals surface area (Å²) >= 11 is 5.48. The molecule has 0 radical (unpaired) electrons. The summed E-state index contributed by atoms with van der Waals surface area (Å²) in [5, 5.41) is 10.8. The number of esters is 2. The number of carboxylic acid groups (broad SMARTS) is 1. The van der Waals surface area contributed by atoms with Crippen LogP contribution in [0, 0.1) is 0 Å². The molecule has 1 aliphatic heterocycles. The Kier molecular flexibility index (Phi) is 9.56. The first-order valence-corrected chi connectivity index (χ1v) is 10.5. The predicted octanol–water partition coefficient (Wildman–Crippen LogP) is 2.10. The van der Waals surface area contributed by atoms with Crippen LogP contribution < -0.4 is 5.32 Å². The van der Waals surface area contributed by atoms with E-state index in [4.69, 9.17) is 36.0 Å². The van der Waals surface area contributed by atoms with Gasteiger partial charge in [0.15, 0.2) is 10.9 Å². The molecule has 1 aromatic carbocycles. The molecule has 0 saturated carbocycles. The second kappa shape index (κ2) is 12.3. The third-order valence-corrected chi connectivity index (χ3v) is 5.03. The number of carboxylic acids is 1. The summed E-state index contributed by atoms with van der Waals surface area (Å²) in [6.07, 6.45) is 1.46. The van der Waals surface area contributed by atoms with Crippen LogP contribution in [-0.4, -0.2) is 84.2 Å². The van der Waals surface area contributed by atoms with Crippen LogP contribution in [0.5, 0.6) is 0 Å². The van der Waals surface area contributed by atoms with Crippen molar-refractivity contribution in [1.29, 1.82) is 0 Å². The molecule has 2 N–H and O–H groups in total. The first-order valence-electron chi connectivity index (χ1n) is 10.1. The molecule has 11 nitrogen and oxygen atoms in total. The molecular weight excluding hydrogens is 466 g/mol. The van der Waals surface area contributed by atoms with Gasteiger partial charge < -0.3 is 34.1 Å². The Balaban J connectivity index is 0.000000945. The number of rotatable bonds is 4. The van der Waals surface area contributed by atoms with E-state index in [1.165, 1.54) is 38.7 Å². The van der Waals surface area contributed by atoms with Gasteiger partial charge in [-0.2, -0.15) is 0 Å². The van der Waals surface area contributed by atoms with Gasteiger partial charge in [-0.3, -0.25) is 9.59 Å². The molecule has 0 bridgehead atoms. The van der Waals surface area contributed by atoms with Crippen molar-refractivity contribution in [3.63, 3.8) is 0 Å². The number of nitrogens with one attached hydrogen (secondary N) is 1. The number of benzene rings is 1. The number of furan rings is 1. The standard InChI is InChI=1S/C20H21N3O6S.C2H4O2/c1-27-18(25)13-5-6-14(19(26)28-2)15(12-13)21-20(30)23-9-7-22(8-10-23)17(24)16-4-3-11-29-16;1-2(3)4/h3-6,11-12H,7-10H2,1-2H3,(H,21,30);1H3,(H,3,4). The zero-order valence-corrected chi connectivity index (χ0v) is 19.7. The van der Waals surface area contributed by atoms with Gasteiger partial charge in [0.1, 0.15) is 0 Å². The highest BCUT2D eigenvalue weighted by atomic mass is 32.1. The Bertz CT molecular complexity index is 1040. The Labute approximate surface area is 201 Å². The van der Waals surface area contributed by atoms with E-state index in [1.807, 2.05) is 4.90 Å². The fourth-order valence-corrected chi connectivity index (χ4v) is 3.34. The third kappa shape index (κ3) is 7.04. The summed E-state index contributed by atoms with van der Waals surface area (Å²) < 4.78 is 14.7. The van der Waals surface area contributed by atoms with E-state index in [0.29, 0.717) is 42.7 Å². The lowest BCUT2D eigenvalue weighted by Gasteiger charge is -2.36.